The minimum atomic E-state index is -5.43. The molecule has 0 aliphatic heterocycles. The number of benzene rings is 4. The molecule has 0 spiro atoms. The number of carbonyl (C=O) groups is 15. The van der Waals surface area contributed by atoms with Crippen molar-refractivity contribution in [2.24, 2.45) is 11.8 Å². The number of alkyl halides is 6. The fourth-order valence-corrected chi connectivity index (χ4v) is 7.67. The van der Waals surface area contributed by atoms with Crippen LogP contribution in [-0.4, -0.2) is 281 Å². The first-order chi connectivity index (χ1) is 49.0. The maximum atomic E-state index is 11.6. The van der Waals surface area contributed by atoms with E-state index in [9.17, 15) is 98.3 Å². The average Bonchev–Trinajstić information content (AvgIpc) is 0.837. The predicted octanol–water partition coefficient (Wildman–Crippen LogP) is 5.06. The molecule has 33 nitrogen and oxygen atoms in total. The van der Waals surface area contributed by atoms with E-state index in [1.165, 1.54) is 64.1 Å². The van der Waals surface area contributed by atoms with Crippen LogP contribution in [0.5, 0.6) is 23.0 Å². The third-order valence-corrected chi connectivity index (χ3v) is 13.2. The van der Waals surface area contributed by atoms with Gasteiger partial charge >= 0.3 is 66.1 Å². The van der Waals surface area contributed by atoms with Gasteiger partial charge in [0, 0.05) is 37.3 Å². The highest BCUT2D eigenvalue weighted by Gasteiger charge is 2.51. The summed E-state index contributed by atoms with van der Waals surface area (Å²) < 4.78 is 74.2. The zero-order valence-corrected chi connectivity index (χ0v) is 60.1. The number of quaternary nitrogens is 1. The Morgan fingerprint density at radius 3 is 1.26 bits per heavy atom. The summed E-state index contributed by atoms with van der Waals surface area (Å²) in [6.07, 6.45) is -10.9. The lowest BCUT2D eigenvalue weighted by molar-refractivity contribution is -0.894. The highest BCUT2D eigenvalue weighted by atomic mass is 19.4. The Balaban J connectivity index is -0.000000576. The lowest BCUT2D eigenvalue weighted by Gasteiger charge is -2.33. The van der Waals surface area contributed by atoms with Crippen LogP contribution in [-0.2, 0) is 68.9 Å². The number of ketones is 6. The maximum absolute atomic E-state index is 11.6. The molecular weight excluding hydrogens is 1450 g/mol. The highest BCUT2D eigenvalue weighted by molar-refractivity contribution is 6.07. The van der Waals surface area contributed by atoms with Gasteiger partial charge in [-0.05, 0) is 98.3 Å². The Labute approximate surface area is 609 Å². The number of likely N-dealkylation sites (N-methyl/N-ethyl adjacent to an activating group) is 2. The topological polar surface area (TPSA) is 530 Å². The number of methoxy groups -OCH3 is 1. The first-order valence-corrected chi connectivity index (χ1v) is 30.9. The molecular formula is C68H90F6N5O28+. The minimum Gasteiger partial charge on any atom is -0.507 e. The highest BCUT2D eigenvalue weighted by Crippen LogP contribution is 2.28. The standard InChI is InChI=1S/C12H15NO5.C11H18N2O8.C11H12O2.C8H8O3.C7H14N2O4.C7H8O2.C6H4F6O2.C6H10O2/c1-18-10-5-3-2-4-9(10)6-13(7-11(14)15)8-12(16)17;1-13(6-10(18)19,7-11(20)21)3-2-12(4-8(14)15)5-9(16)17;1-8-3-5-10(6-4-8)11(13)7-9(2)12;1-5-2-3-7(9)6(4-5)8(10)11;1-9(5-7(12)13)3-2-8-4-6(10)11;1-5-2-3-6(8)7(9)4-5;1-2(3(13)5(7,8)9)4(14)6(10,11)12;1-4(5(2)7)6(3)8/h2-5H,6-8H2,1H3,(H,14,15)(H,16,17);2-7H2,1H3,(H3-,14,15,16,17,18,19,20,21);3-6H,7H2,1-2H3;2-4,9H,1H3,(H,10,11);8H,2-5H2,1H3,(H,10,11)(H,12,13);2-4,8-9H,1H3;2H,1H3;4H,1-3H3/p+1. The molecule has 0 aromatic heterocycles. The van der Waals surface area contributed by atoms with Crippen molar-refractivity contribution in [3.63, 3.8) is 0 Å². The van der Waals surface area contributed by atoms with Gasteiger partial charge in [-0.15, -0.1) is 0 Å². The van der Waals surface area contributed by atoms with Gasteiger partial charge in [-0.3, -0.25) is 72.2 Å². The molecule has 0 fully saturated rings. The third kappa shape index (κ3) is 52.3. The van der Waals surface area contributed by atoms with Gasteiger partial charge in [-0.1, -0.05) is 65.7 Å². The van der Waals surface area contributed by atoms with Crippen LogP contribution in [0.1, 0.15) is 84.0 Å². The number of nitrogens with one attached hydrogen (secondary N) is 1. The quantitative estimate of drug-likeness (QED) is 0.00740. The molecule has 0 saturated carbocycles. The van der Waals surface area contributed by atoms with Crippen molar-refractivity contribution in [1.29, 1.82) is 0 Å². The van der Waals surface area contributed by atoms with Crippen LogP contribution >= 0.6 is 0 Å². The van der Waals surface area contributed by atoms with Crippen LogP contribution in [0.25, 0.3) is 0 Å². The summed E-state index contributed by atoms with van der Waals surface area (Å²) in [5.41, 5.74) is 4.18. The minimum absolute atomic E-state index is 0.000833. The summed E-state index contributed by atoms with van der Waals surface area (Å²) in [4.78, 5) is 162. The van der Waals surface area contributed by atoms with E-state index in [-0.39, 0.29) is 110 Å². The van der Waals surface area contributed by atoms with Crippen LogP contribution < -0.4 is 10.1 Å². The third-order valence-electron chi connectivity index (χ3n) is 13.2. The number of aliphatic carboxylic acids is 8. The zero-order valence-electron chi connectivity index (χ0n) is 60.1. The molecule has 4 aromatic rings. The number of aryl methyl sites for hydroxylation is 3. The predicted molar refractivity (Wildman–Crippen MR) is 364 cm³/mol. The van der Waals surface area contributed by atoms with Crippen LogP contribution in [0.4, 0.5) is 26.3 Å². The molecule has 4 aromatic carbocycles. The Morgan fingerprint density at radius 2 is 0.916 bits per heavy atom. The van der Waals surface area contributed by atoms with Gasteiger partial charge in [0.1, 0.15) is 34.4 Å². The van der Waals surface area contributed by atoms with E-state index < -0.39 is 116 Å². The van der Waals surface area contributed by atoms with E-state index in [1.54, 1.807) is 74.3 Å². The van der Waals surface area contributed by atoms with Crippen LogP contribution in [0.15, 0.2) is 84.9 Å². The number of carbonyl (C=O) groups excluding carboxylic acids is 6. The first kappa shape index (κ1) is 102. The molecule has 107 heavy (non-hydrogen) atoms. The molecule has 0 heterocycles. The van der Waals surface area contributed by atoms with Gasteiger partial charge in [0.05, 0.1) is 78.2 Å². The van der Waals surface area contributed by atoms with Crippen LogP contribution in [0, 0.1) is 32.6 Å². The molecule has 0 aliphatic rings. The number of phenols is 3. The number of carboxylic acids is 9. The molecule has 0 amide bonds. The van der Waals surface area contributed by atoms with Crippen LogP contribution in [0.3, 0.4) is 0 Å². The van der Waals surface area contributed by atoms with E-state index in [0.29, 0.717) is 24.4 Å². The Morgan fingerprint density at radius 1 is 0.505 bits per heavy atom. The second-order valence-corrected chi connectivity index (χ2v) is 23.3. The zero-order chi connectivity index (χ0) is 84.0. The first-order valence-electron chi connectivity index (χ1n) is 30.9. The van der Waals surface area contributed by atoms with Crippen molar-refractivity contribution in [2.45, 2.75) is 80.7 Å². The number of nitrogens with zero attached hydrogens (tertiary/aromatic N) is 4. The number of ether oxygens (including phenoxy) is 1. The van der Waals surface area contributed by atoms with Crippen molar-refractivity contribution in [3.05, 3.63) is 118 Å². The number of carboxylic acid groups (broad SMARTS) is 9. The molecule has 0 radical (unpaired) electrons. The van der Waals surface area contributed by atoms with E-state index in [0.717, 1.165) is 27.2 Å². The monoisotopic (exact) mass is 1540 g/mol. The molecule has 39 heteroatoms. The Bertz CT molecular complexity index is 3540. The van der Waals surface area contributed by atoms with Crippen molar-refractivity contribution in [3.8, 4) is 23.0 Å². The molecule has 0 aliphatic carbocycles. The number of aromatic carboxylic acids is 1. The SMILES string of the molecule is CC(=O)C(C)C(C)=O.CC(=O)CC(=O)c1ccc(C)cc1.CC(C(=O)C(F)(F)F)C(=O)C(F)(F)F.CN(CCNCC(=O)O)CC(=O)O.COc1ccccc1CN(CC(=O)O)CC(=O)O.C[N+](CCN(CC(=O)O)CC(=O)O)(CC(=O)O)CC(=O)O.Cc1ccc(O)c(C(=O)O)c1.Cc1ccc(O)c(O)c1. The van der Waals surface area contributed by atoms with E-state index in [2.05, 4.69) is 5.32 Å². The largest absolute Gasteiger partial charge is 0.507 e. The number of hydrogen-bond donors (Lipinski definition) is 13. The average molecular weight is 1540 g/mol. The summed E-state index contributed by atoms with van der Waals surface area (Å²) in [7, 11) is 4.58. The number of para-hydroxylation sites is 1. The Hall–Kier alpha value is -11.3. The molecule has 4 rings (SSSR count). The Kier molecular flexibility index (Phi) is 49.4. The van der Waals surface area contributed by atoms with Gasteiger partial charge in [0.15, 0.2) is 30.4 Å². The van der Waals surface area contributed by atoms with Crippen molar-refractivity contribution in [2.75, 3.05) is 99.7 Å². The van der Waals surface area contributed by atoms with Crippen LogP contribution in [0.2, 0.25) is 0 Å². The second-order valence-electron chi connectivity index (χ2n) is 23.3. The van der Waals surface area contributed by atoms with Crippen molar-refractivity contribution >= 4 is 88.4 Å². The summed E-state index contributed by atoms with van der Waals surface area (Å²) in [5.74, 6) is -18.4. The van der Waals surface area contributed by atoms with E-state index in [4.69, 9.17) is 66.0 Å². The molecule has 596 valence electrons. The fourth-order valence-electron chi connectivity index (χ4n) is 7.67. The number of aromatic hydroxyl groups is 3. The molecule has 13 N–H and O–H groups in total. The number of phenolic OH excluding ortho intramolecular Hbond substituents is 2. The number of halogens is 6. The summed E-state index contributed by atoms with van der Waals surface area (Å²) >= 11 is 0. The summed E-state index contributed by atoms with van der Waals surface area (Å²) in [6.45, 7) is 10.1. The van der Waals surface area contributed by atoms with Gasteiger partial charge in [-0.25, -0.2) is 14.4 Å². The lowest BCUT2D eigenvalue weighted by Crippen LogP contribution is -2.54. The number of Topliss-reactive ketones (excluding diaryl/α,β-unsaturated/α-hetero) is 6. The smallest absolute Gasteiger partial charge is 0.450 e. The van der Waals surface area contributed by atoms with Gasteiger partial charge in [0.2, 0.25) is 11.6 Å². The molecule has 0 atom stereocenters. The van der Waals surface area contributed by atoms with E-state index >= 15 is 0 Å². The summed E-state index contributed by atoms with van der Waals surface area (Å²) in [6, 6.07) is 23.5. The number of hydrogen-bond acceptors (Lipinski definition) is 23. The van der Waals surface area contributed by atoms with Gasteiger partial charge in [-0.2, -0.15) is 26.3 Å². The fraction of sp³-hybridized carbons (Fsp3) is 0.426. The molecule has 0 saturated heterocycles. The maximum Gasteiger partial charge on any atom is 0.450 e. The molecule has 0 bridgehead atoms. The van der Waals surface area contributed by atoms with Crippen molar-refractivity contribution in [1.82, 2.24) is 20.0 Å². The van der Waals surface area contributed by atoms with Crippen molar-refractivity contribution < 1.29 is 169 Å². The normalized spacial score (nSPS) is 10.6. The van der Waals surface area contributed by atoms with E-state index in [1.807, 2.05) is 26.0 Å². The second kappa shape index (κ2) is 51.8. The van der Waals surface area contributed by atoms with Gasteiger partial charge < -0.3 is 75.8 Å². The van der Waals surface area contributed by atoms with Gasteiger partial charge in [0.25, 0.3) is 0 Å². The summed E-state index contributed by atoms with van der Waals surface area (Å²) in [5, 5.41) is 107. The lowest BCUT2D eigenvalue weighted by atomic mass is 10.0. The number of rotatable bonds is 33. The molecule has 0 unspecified atom stereocenters.